The Labute approximate surface area is 432 Å². The fourth-order valence-corrected chi connectivity index (χ4v) is 15.4. The molecule has 3 heterocycles. The Bertz CT molecular complexity index is 3350. The standard InChI is InChI=1S/C66H70BN3Si2/c1-64(2,3)49-41-56-63-58(42-49)67-57-36-27-48(46-23-16-13-17-24-46)40-59(57)69(52-26-20-25-47(39-52)45-21-14-12-15-22-45)60-43-53(44-61(62(60)67)70(63)66(5)38-19-18-37-65(56,66)4)68(50-28-32-54(33-29-50)71(6,7)8)51-30-34-55(35-31-51)72(9,10)11/h12-17,20-36,39-44H,18-19,37-38H2,1-11H3. The summed E-state index contributed by atoms with van der Waals surface area (Å²) in [6.45, 7) is 27.2. The van der Waals surface area contributed by atoms with Gasteiger partial charge in [0.1, 0.15) is 0 Å². The second-order valence-corrected chi connectivity index (χ2v) is 35.2. The molecule has 2 unspecified atom stereocenters. The van der Waals surface area contributed by atoms with E-state index in [0.717, 1.165) is 12.1 Å². The van der Waals surface area contributed by atoms with Crippen LogP contribution < -0.4 is 41.5 Å². The number of nitrogens with zero attached hydrogens (tertiary/aromatic N) is 3. The molecule has 0 amide bonds. The van der Waals surface area contributed by atoms with Crippen molar-refractivity contribution in [3.63, 3.8) is 0 Å². The van der Waals surface area contributed by atoms with Crippen LogP contribution in [0.3, 0.4) is 0 Å². The van der Waals surface area contributed by atoms with Gasteiger partial charge in [-0.2, -0.15) is 0 Å². The van der Waals surface area contributed by atoms with Crippen LogP contribution in [0.4, 0.5) is 45.5 Å². The molecular weight excluding hydrogens is 902 g/mol. The minimum atomic E-state index is -1.57. The molecule has 72 heavy (non-hydrogen) atoms. The summed E-state index contributed by atoms with van der Waals surface area (Å²) in [4.78, 5) is 8.12. The number of fused-ring (bicyclic) bond motifs is 7. The van der Waals surface area contributed by atoms with Gasteiger partial charge in [0.25, 0.3) is 6.71 Å². The molecule has 3 nitrogen and oxygen atoms in total. The van der Waals surface area contributed by atoms with Crippen LogP contribution in [0, 0.1) is 0 Å². The molecule has 8 aromatic rings. The van der Waals surface area contributed by atoms with Crippen LogP contribution in [0.5, 0.6) is 0 Å². The minimum Gasteiger partial charge on any atom is -0.335 e. The molecule has 4 aliphatic rings. The zero-order valence-electron chi connectivity index (χ0n) is 44.5. The number of rotatable bonds is 8. The summed E-state index contributed by atoms with van der Waals surface area (Å²) in [7, 11) is -3.14. The van der Waals surface area contributed by atoms with Gasteiger partial charge in [-0.15, -0.1) is 0 Å². The van der Waals surface area contributed by atoms with Crippen LogP contribution >= 0.6 is 0 Å². The van der Waals surface area contributed by atoms with Crippen LogP contribution in [0.15, 0.2) is 176 Å². The molecule has 0 radical (unpaired) electrons. The fourth-order valence-electron chi connectivity index (χ4n) is 13.1. The van der Waals surface area contributed by atoms with E-state index in [9.17, 15) is 0 Å². The van der Waals surface area contributed by atoms with E-state index in [0.29, 0.717) is 0 Å². The minimum absolute atomic E-state index is 0.0253. The molecule has 0 aromatic heterocycles. The predicted molar refractivity (Wildman–Crippen MR) is 319 cm³/mol. The van der Waals surface area contributed by atoms with Gasteiger partial charge in [-0.05, 0) is 130 Å². The van der Waals surface area contributed by atoms with Gasteiger partial charge in [-0.1, -0.05) is 212 Å². The lowest BCUT2D eigenvalue weighted by Gasteiger charge is -2.53. The Kier molecular flexibility index (Phi) is 10.8. The number of anilines is 8. The van der Waals surface area contributed by atoms with Gasteiger partial charge in [-0.25, -0.2) is 0 Å². The van der Waals surface area contributed by atoms with Crippen LogP contribution in [0.2, 0.25) is 39.3 Å². The maximum absolute atomic E-state index is 2.91. The molecular formula is C66H70BN3Si2. The van der Waals surface area contributed by atoms with Gasteiger partial charge in [-0.3, -0.25) is 0 Å². The van der Waals surface area contributed by atoms with Crippen molar-refractivity contribution in [3.05, 3.63) is 187 Å². The molecule has 0 bridgehead atoms. The van der Waals surface area contributed by atoms with E-state index >= 15 is 0 Å². The van der Waals surface area contributed by atoms with Crippen molar-refractivity contribution in [1.82, 2.24) is 0 Å². The summed E-state index contributed by atoms with van der Waals surface area (Å²) < 4.78 is 0. The van der Waals surface area contributed by atoms with Crippen molar-refractivity contribution in [2.75, 3.05) is 14.7 Å². The highest BCUT2D eigenvalue weighted by Gasteiger charge is 2.61. The van der Waals surface area contributed by atoms with Gasteiger partial charge in [0.05, 0.1) is 27.4 Å². The Hall–Kier alpha value is -6.34. The average molecular weight is 972 g/mol. The SMILES string of the molecule is CC(C)(C)c1cc2c3c(c1)C1(C)CCCCC1(C)N3c1cc(N(c3ccc([Si](C)(C)C)cc3)c3ccc([Si](C)(C)C)cc3)cc3c1B2c1ccc(-c2ccccc2)cc1N3c1cccc(-c2ccccc2)c1. The van der Waals surface area contributed by atoms with Gasteiger partial charge in [0.15, 0.2) is 0 Å². The largest absolute Gasteiger partial charge is 0.335 e. The first kappa shape index (κ1) is 46.7. The highest BCUT2D eigenvalue weighted by atomic mass is 28.3. The molecule has 3 aliphatic heterocycles. The lowest BCUT2D eigenvalue weighted by Crippen LogP contribution is -2.64. The van der Waals surface area contributed by atoms with E-state index in [1.54, 1.807) is 5.56 Å². The first-order chi connectivity index (χ1) is 34.3. The number of hydrogen-bond donors (Lipinski definition) is 0. The third-order valence-corrected chi connectivity index (χ3v) is 21.6. The predicted octanol–water partition coefficient (Wildman–Crippen LogP) is 15.2. The third-order valence-electron chi connectivity index (χ3n) is 17.4. The van der Waals surface area contributed by atoms with Crippen molar-refractivity contribution >= 4 is 95.1 Å². The second-order valence-electron chi connectivity index (χ2n) is 25.0. The molecule has 6 heteroatoms. The van der Waals surface area contributed by atoms with Crippen LogP contribution in [0.1, 0.15) is 71.4 Å². The lowest BCUT2D eigenvalue weighted by molar-refractivity contribution is 0.195. The molecule has 2 atom stereocenters. The van der Waals surface area contributed by atoms with Crippen molar-refractivity contribution in [2.45, 2.75) is 116 Å². The maximum Gasteiger partial charge on any atom is 0.252 e. The maximum atomic E-state index is 2.91. The van der Waals surface area contributed by atoms with E-state index < -0.39 is 16.1 Å². The summed E-state index contributed by atoms with van der Waals surface area (Å²) in [5.74, 6) is 0. The molecule has 1 fully saturated rings. The van der Waals surface area contributed by atoms with Crippen LogP contribution in [-0.4, -0.2) is 28.4 Å². The summed E-state index contributed by atoms with van der Waals surface area (Å²) in [6.07, 6.45) is 4.81. The first-order valence-corrected chi connectivity index (χ1v) is 33.7. The highest BCUT2D eigenvalue weighted by molar-refractivity contribution is 7.00. The molecule has 1 saturated carbocycles. The molecule has 1 aliphatic carbocycles. The average Bonchev–Trinajstić information content (AvgIpc) is 3.58. The number of hydrogen-bond acceptors (Lipinski definition) is 3. The Morgan fingerprint density at radius 3 is 1.64 bits per heavy atom. The van der Waals surface area contributed by atoms with E-state index in [2.05, 4.69) is 265 Å². The summed E-state index contributed by atoms with van der Waals surface area (Å²) >= 11 is 0. The molecule has 0 saturated heterocycles. The smallest absolute Gasteiger partial charge is 0.252 e. The topological polar surface area (TPSA) is 9.72 Å². The van der Waals surface area contributed by atoms with E-state index in [4.69, 9.17) is 0 Å². The first-order valence-electron chi connectivity index (χ1n) is 26.7. The van der Waals surface area contributed by atoms with Gasteiger partial charge in [0.2, 0.25) is 0 Å². The normalized spacial score (nSPS) is 18.8. The van der Waals surface area contributed by atoms with E-state index in [1.165, 1.54) is 114 Å². The monoisotopic (exact) mass is 972 g/mol. The second kappa shape index (κ2) is 16.6. The van der Waals surface area contributed by atoms with Crippen molar-refractivity contribution < 1.29 is 0 Å². The molecule has 360 valence electrons. The van der Waals surface area contributed by atoms with Crippen molar-refractivity contribution in [3.8, 4) is 22.3 Å². The van der Waals surface area contributed by atoms with Gasteiger partial charge < -0.3 is 14.7 Å². The van der Waals surface area contributed by atoms with Crippen molar-refractivity contribution in [2.24, 2.45) is 0 Å². The van der Waals surface area contributed by atoms with Gasteiger partial charge in [0, 0.05) is 45.2 Å². The highest BCUT2D eigenvalue weighted by Crippen LogP contribution is 2.63. The molecule has 8 aromatic carbocycles. The number of benzene rings is 8. The van der Waals surface area contributed by atoms with Gasteiger partial charge >= 0.3 is 0 Å². The Morgan fingerprint density at radius 1 is 0.500 bits per heavy atom. The lowest BCUT2D eigenvalue weighted by atomic mass is 9.33. The van der Waals surface area contributed by atoms with Crippen molar-refractivity contribution in [1.29, 1.82) is 0 Å². The van der Waals surface area contributed by atoms with E-state index in [-0.39, 0.29) is 23.1 Å². The third kappa shape index (κ3) is 7.33. The van der Waals surface area contributed by atoms with E-state index in [1.807, 2.05) is 0 Å². The summed E-state index contributed by atoms with van der Waals surface area (Å²) in [5.41, 5.74) is 21.9. The zero-order valence-corrected chi connectivity index (χ0v) is 46.5. The zero-order chi connectivity index (χ0) is 50.1. The molecule has 12 rings (SSSR count). The summed E-state index contributed by atoms with van der Waals surface area (Å²) in [6, 6.07) is 68.3. The molecule has 0 N–H and O–H groups in total. The van der Waals surface area contributed by atoms with Crippen LogP contribution in [0.25, 0.3) is 22.3 Å². The Balaban J connectivity index is 1.21. The fraction of sp³-hybridized carbons (Fsp3) is 0.273. The summed E-state index contributed by atoms with van der Waals surface area (Å²) in [5, 5.41) is 2.94. The Morgan fingerprint density at radius 2 is 1.06 bits per heavy atom. The molecule has 0 spiro atoms. The van der Waals surface area contributed by atoms with Crippen LogP contribution in [-0.2, 0) is 10.8 Å². The quantitative estimate of drug-likeness (QED) is 0.141.